The summed E-state index contributed by atoms with van der Waals surface area (Å²) in [7, 11) is 0. The summed E-state index contributed by atoms with van der Waals surface area (Å²) < 4.78 is 37.2. The molecule has 2 N–H and O–H groups in total. The topological polar surface area (TPSA) is 38.9 Å². The molecule has 0 radical (unpaired) electrons. The van der Waals surface area contributed by atoms with E-state index < -0.39 is 17.6 Å². The highest BCUT2D eigenvalue weighted by Crippen LogP contribution is 2.33. The summed E-state index contributed by atoms with van der Waals surface area (Å²) in [6.07, 6.45) is -4.43. The molecule has 0 spiro atoms. The molecule has 0 aliphatic carbocycles. The van der Waals surface area contributed by atoms with Gasteiger partial charge in [-0.1, -0.05) is 0 Å². The fourth-order valence-corrected chi connectivity index (χ4v) is 1.26. The number of hydrogen-bond donors (Lipinski definition) is 1. The van der Waals surface area contributed by atoms with Gasteiger partial charge in [-0.2, -0.15) is 13.2 Å². The van der Waals surface area contributed by atoms with Gasteiger partial charge in [-0.3, -0.25) is 0 Å². The third kappa shape index (κ3) is 2.23. The van der Waals surface area contributed by atoms with Gasteiger partial charge in [0.25, 0.3) is 0 Å². The van der Waals surface area contributed by atoms with Gasteiger partial charge in [0.15, 0.2) is 0 Å². The Morgan fingerprint density at radius 1 is 1.46 bits per heavy atom. The van der Waals surface area contributed by atoms with Crippen LogP contribution in [0.3, 0.4) is 0 Å². The van der Waals surface area contributed by atoms with Crippen molar-refractivity contribution in [3.8, 4) is 0 Å². The van der Waals surface area contributed by atoms with E-state index in [0.29, 0.717) is 9.26 Å². The summed E-state index contributed by atoms with van der Waals surface area (Å²) in [6.45, 7) is 1.61. The average Bonchev–Trinajstić information content (AvgIpc) is 1.94. The van der Waals surface area contributed by atoms with E-state index in [-0.39, 0.29) is 0 Å². The average molecular weight is 302 g/mol. The van der Waals surface area contributed by atoms with E-state index in [1.807, 2.05) is 0 Å². The summed E-state index contributed by atoms with van der Waals surface area (Å²) in [5.41, 5.74) is 4.77. The number of rotatable bonds is 0. The Morgan fingerprint density at radius 3 is 2.46 bits per heavy atom. The van der Waals surface area contributed by atoms with Crippen LogP contribution in [-0.2, 0) is 6.18 Å². The smallest absolute Gasteiger partial charge is 0.383 e. The normalized spacial score (nSPS) is 11.8. The van der Waals surface area contributed by atoms with E-state index in [9.17, 15) is 13.2 Å². The van der Waals surface area contributed by atoms with E-state index in [1.165, 1.54) is 0 Å². The first kappa shape index (κ1) is 10.6. The van der Waals surface area contributed by atoms with Gasteiger partial charge in [0, 0.05) is 3.57 Å². The molecular formula is C7H6F3IN2. The molecule has 0 bridgehead atoms. The van der Waals surface area contributed by atoms with Crippen molar-refractivity contribution >= 4 is 28.4 Å². The number of hydrogen-bond acceptors (Lipinski definition) is 2. The van der Waals surface area contributed by atoms with Crippen molar-refractivity contribution in [3.63, 3.8) is 0 Å². The molecule has 0 unspecified atom stereocenters. The molecule has 0 saturated carbocycles. The number of aromatic nitrogens is 1. The summed E-state index contributed by atoms with van der Waals surface area (Å²) in [4.78, 5) is 3.59. The van der Waals surface area contributed by atoms with E-state index >= 15 is 0 Å². The van der Waals surface area contributed by atoms with Gasteiger partial charge in [0.1, 0.15) is 5.82 Å². The molecule has 0 aliphatic heterocycles. The predicted molar refractivity (Wildman–Crippen MR) is 51.1 cm³/mol. The van der Waals surface area contributed by atoms with Gasteiger partial charge in [0.2, 0.25) is 0 Å². The minimum Gasteiger partial charge on any atom is -0.383 e. The van der Waals surface area contributed by atoms with Gasteiger partial charge in [-0.05, 0) is 35.6 Å². The predicted octanol–water partition coefficient (Wildman–Crippen LogP) is 2.60. The lowest BCUT2D eigenvalue weighted by atomic mass is 10.2. The fourth-order valence-electron chi connectivity index (χ4n) is 0.826. The van der Waals surface area contributed by atoms with Crippen LogP contribution in [-0.4, -0.2) is 4.98 Å². The van der Waals surface area contributed by atoms with Crippen molar-refractivity contribution < 1.29 is 13.2 Å². The number of nitrogens with two attached hydrogens (primary N) is 1. The number of nitrogen functional groups attached to an aromatic ring is 1. The molecule has 0 atom stereocenters. The quantitative estimate of drug-likeness (QED) is 0.748. The Hall–Kier alpha value is -0.530. The highest BCUT2D eigenvalue weighted by Gasteiger charge is 2.34. The van der Waals surface area contributed by atoms with Crippen molar-refractivity contribution in [1.82, 2.24) is 4.98 Å². The number of anilines is 1. The van der Waals surface area contributed by atoms with Crippen LogP contribution in [0.15, 0.2) is 6.07 Å². The molecule has 2 nitrogen and oxygen atoms in total. The second kappa shape index (κ2) is 3.32. The van der Waals surface area contributed by atoms with E-state index in [2.05, 4.69) is 4.98 Å². The molecule has 6 heteroatoms. The van der Waals surface area contributed by atoms with Crippen molar-refractivity contribution in [2.75, 3.05) is 5.73 Å². The lowest BCUT2D eigenvalue weighted by Crippen LogP contribution is -2.11. The van der Waals surface area contributed by atoms with Gasteiger partial charge >= 0.3 is 6.18 Å². The number of pyridine rings is 1. The molecular weight excluding hydrogens is 296 g/mol. The van der Waals surface area contributed by atoms with Gasteiger partial charge in [0.05, 0.1) is 11.3 Å². The minimum absolute atomic E-state index is 0.458. The maximum atomic E-state index is 12.2. The van der Waals surface area contributed by atoms with Crippen molar-refractivity contribution in [2.45, 2.75) is 13.1 Å². The summed E-state index contributed by atoms with van der Waals surface area (Å²) in [6, 6.07) is 0.998. The molecule has 0 amide bonds. The monoisotopic (exact) mass is 302 g/mol. The van der Waals surface area contributed by atoms with Crippen LogP contribution in [0, 0.1) is 10.5 Å². The molecule has 0 aliphatic rings. The van der Waals surface area contributed by atoms with Crippen LogP contribution in [0.1, 0.15) is 11.3 Å². The number of aryl methyl sites for hydroxylation is 1. The second-order valence-corrected chi connectivity index (χ2v) is 3.65. The first-order valence-corrected chi connectivity index (χ1v) is 4.40. The van der Waals surface area contributed by atoms with E-state index in [4.69, 9.17) is 5.73 Å². The fraction of sp³-hybridized carbons (Fsp3) is 0.286. The Labute approximate surface area is 86.5 Å². The third-order valence-corrected chi connectivity index (χ3v) is 2.58. The highest BCUT2D eigenvalue weighted by molar-refractivity contribution is 14.1. The van der Waals surface area contributed by atoms with Crippen molar-refractivity contribution in [1.29, 1.82) is 0 Å². The van der Waals surface area contributed by atoms with Crippen LogP contribution in [0.25, 0.3) is 0 Å². The lowest BCUT2D eigenvalue weighted by Gasteiger charge is -2.10. The molecule has 13 heavy (non-hydrogen) atoms. The molecule has 0 fully saturated rings. The van der Waals surface area contributed by atoms with Crippen LogP contribution in [0.2, 0.25) is 0 Å². The van der Waals surface area contributed by atoms with Crippen LogP contribution >= 0.6 is 22.6 Å². The zero-order chi connectivity index (χ0) is 10.2. The Balaban J connectivity index is 3.32. The SMILES string of the molecule is Cc1nc(N)c(C(F)(F)F)cc1I. The maximum Gasteiger partial charge on any atom is 0.419 e. The number of alkyl halides is 3. The minimum atomic E-state index is -4.43. The maximum absolute atomic E-state index is 12.2. The molecule has 1 rings (SSSR count). The van der Waals surface area contributed by atoms with Crippen LogP contribution in [0.5, 0.6) is 0 Å². The van der Waals surface area contributed by atoms with Crippen LogP contribution in [0.4, 0.5) is 19.0 Å². The molecule has 1 aromatic heterocycles. The van der Waals surface area contributed by atoms with Gasteiger partial charge in [-0.25, -0.2) is 4.98 Å². The van der Waals surface area contributed by atoms with E-state index in [1.54, 1.807) is 29.5 Å². The van der Waals surface area contributed by atoms with Crippen molar-refractivity contribution in [3.05, 3.63) is 20.9 Å². The summed E-state index contributed by atoms with van der Waals surface area (Å²) in [5, 5.41) is 0. The summed E-state index contributed by atoms with van der Waals surface area (Å²) >= 11 is 1.79. The second-order valence-electron chi connectivity index (χ2n) is 2.49. The lowest BCUT2D eigenvalue weighted by molar-refractivity contribution is -0.137. The molecule has 72 valence electrons. The molecule has 0 aromatic carbocycles. The van der Waals surface area contributed by atoms with Crippen LogP contribution < -0.4 is 5.73 Å². The third-order valence-electron chi connectivity index (χ3n) is 1.49. The first-order chi connectivity index (χ1) is 5.82. The van der Waals surface area contributed by atoms with Crippen molar-refractivity contribution in [2.24, 2.45) is 0 Å². The zero-order valence-electron chi connectivity index (χ0n) is 6.61. The standard InChI is InChI=1S/C7H6F3IN2/c1-3-5(11)2-4(6(12)13-3)7(8,9)10/h2H,1H3,(H2,12,13). The Kier molecular flexibility index (Phi) is 2.69. The van der Waals surface area contributed by atoms with Gasteiger partial charge in [-0.15, -0.1) is 0 Å². The highest BCUT2D eigenvalue weighted by atomic mass is 127. The Morgan fingerprint density at radius 2 is 2.00 bits per heavy atom. The number of halogens is 4. The largest absolute Gasteiger partial charge is 0.419 e. The summed E-state index contributed by atoms with van der Waals surface area (Å²) in [5.74, 6) is -0.467. The molecule has 1 heterocycles. The van der Waals surface area contributed by atoms with Gasteiger partial charge < -0.3 is 5.73 Å². The first-order valence-electron chi connectivity index (χ1n) is 3.32. The zero-order valence-corrected chi connectivity index (χ0v) is 8.77. The Bertz CT molecular complexity index is 335. The molecule has 1 aromatic rings. The molecule has 0 saturated heterocycles. The number of nitrogens with zero attached hydrogens (tertiary/aromatic N) is 1. The van der Waals surface area contributed by atoms with E-state index in [0.717, 1.165) is 6.07 Å².